The van der Waals surface area contributed by atoms with E-state index in [2.05, 4.69) is 56.2 Å². The molecule has 0 spiro atoms. The summed E-state index contributed by atoms with van der Waals surface area (Å²) >= 11 is 0. The molecule has 1 aromatic carbocycles. The first kappa shape index (κ1) is 17.7. The highest BCUT2D eigenvalue weighted by atomic mass is 16.1. The van der Waals surface area contributed by atoms with Crippen LogP contribution in [-0.4, -0.2) is 22.3 Å². The predicted octanol–water partition coefficient (Wildman–Crippen LogP) is 4.39. The van der Waals surface area contributed by atoms with Crippen LogP contribution in [0.1, 0.15) is 52.7 Å². The van der Waals surface area contributed by atoms with Crippen LogP contribution in [0.4, 0.5) is 0 Å². The first-order chi connectivity index (χ1) is 10.5. The molecule has 0 radical (unpaired) electrons. The summed E-state index contributed by atoms with van der Waals surface area (Å²) in [4.78, 5) is 16.2. The first-order valence-electron chi connectivity index (χ1n) is 8.36. The summed E-state index contributed by atoms with van der Waals surface area (Å²) in [5.41, 5.74) is 3.10. The van der Waals surface area contributed by atoms with Crippen LogP contribution in [0.2, 0.25) is 0 Å². The van der Waals surface area contributed by atoms with Gasteiger partial charge >= 0.3 is 0 Å². The van der Waals surface area contributed by atoms with Crippen LogP contribution in [-0.2, 0) is 11.2 Å². The maximum absolute atomic E-state index is 12.9. The number of rotatable bonds is 4. The maximum Gasteiger partial charge on any atom is 0.155 e. The van der Waals surface area contributed by atoms with E-state index in [1.807, 2.05) is 27.0 Å². The Bertz CT molecular complexity index is 698. The molecule has 0 saturated heterocycles. The average Bonchev–Trinajstić information content (AvgIpc) is 2.77. The van der Waals surface area contributed by atoms with Crippen LogP contribution < -0.4 is 5.32 Å². The number of H-pyrrole nitrogens is 1. The molecule has 0 amide bonds. The third-order valence-electron chi connectivity index (χ3n) is 4.01. The molecule has 2 N–H and O–H groups in total. The second-order valence-corrected chi connectivity index (χ2v) is 8.63. The lowest BCUT2D eigenvalue weighted by atomic mass is 9.83. The van der Waals surface area contributed by atoms with Gasteiger partial charge in [0.15, 0.2) is 5.78 Å². The van der Waals surface area contributed by atoms with Crippen molar-refractivity contribution >= 4 is 16.7 Å². The van der Waals surface area contributed by atoms with E-state index in [9.17, 15) is 4.79 Å². The smallest absolute Gasteiger partial charge is 0.155 e. The minimum atomic E-state index is -0.356. The van der Waals surface area contributed by atoms with Crippen molar-refractivity contribution in [2.45, 2.75) is 66.5 Å². The van der Waals surface area contributed by atoms with Crippen molar-refractivity contribution in [2.24, 2.45) is 5.41 Å². The van der Waals surface area contributed by atoms with Gasteiger partial charge in [-0.1, -0.05) is 32.4 Å². The van der Waals surface area contributed by atoms with Gasteiger partial charge in [0, 0.05) is 28.1 Å². The largest absolute Gasteiger partial charge is 0.361 e. The first-order valence-corrected chi connectivity index (χ1v) is 8.36. The molecule has 0 unspecified atom stereocenters. The molecule has 0 bridgehead atoms. The van der Waals surface area contributed by atoms with E-state index < -0.39 is 0 Å². The van der Waals surface area contributed by atoms with E-state index in [0.29, 0.717) is 6.42 Å². The van der Waals surface area contributed by atoms with Crippen molar-refractivity contribution in [2.75, 3.05) is 0 Å². The van der Waals surface area contributed by atoms with Gasteiger partial charge in [0.25, 0.3) is 0 Å². The molecule has 0 aliphatic rings. The van der Waals surface area contributed by atoms with Crippen molar-refractivity contribution in [1.29, 1.82) is 0 Å². The molecule has 3 heteroatoms. The van der Waals surface area contributed by atoms with E-state index in [1.54, 1.807) is 0 Å². The van der Waals surface area contributed by atoms with Crippen LogP contribution in [0.15, 0.2) is 24.4 Å². The van der Waals surface area contributed by atoms with Crippen LogP contribution >= 0.6 is 0 Å². The number of benzene rings is 1. The van der Waals surface area contributed by atoms with Crippen molar-refractivity contribution in [1.82, 2.24) is 10.3 Å². The number of aromatic amines is 1. The molecular weight excluding hydrogens is 284 g/mol. The van der Waals surface area contributed by atoms with Crippen molar-refractivity contribution in [3.63, 3.8) is 0 Å². The molecule has 1 atom stereocenters. The normalized spacial score (nSPS) is 14.2. The molecule has 0 fully saturated rings. The zero-order valence-corrected chi connectivity index (χ0v) is 15.5. The highest BCUT2D eigenvalue weighted by Crippen LogP contribution is 2.25. The van der Waals surface area contributed by atoms with Crippen LogP contribution in [0.3, 0.4) is 0 Å². The zero-order chi connectivity index (χ0) is 17.4. The number of fused-ring (bicyclic) bond motifs is 1. The second-order valence-electron chi connectivity index (χ2n) is 8.63. The Kier molecular flexibility index (Phi) is 4.72. The molecule has 2 aromatic rings. The summed E-state index contributed by atoms with van der Waals surface area (Å²) in [6.45, 7) is 14.4. The Labute approximate surface area is 139 Å². The summed E-state index contributed by atoms with van der Waals surface area (Å²) in [7, 11) is 0. The summed E-state index contributed by atoms with van der Waals surface area (Å²) in [6.07, 6.45) is 2.74. The second kappa shape index (κ2) is 6.12. The lowest BCUT2D eigenvalue weighted by Gasteiger charge is -2.31. The molecule has 0 saturated carbocycles. The topological polar surface area (TPSA) is 44.9 Å². The van der Waals surface area contributed by atoms with Gasteiger partial charge in [0.1, 0.15) is 0 Å². The summed E-state index contributed by atoms with van der Waals surface area (Å²) in [5, 5.41) is 4.73. The predicted molar refractivity (Wildman–Crippen MR) is 97.9 cm³/mol. The molecular formula is C20H30N2O. The number of aromatic nitrogens is 1. The SMILES string of the molecule is Cc1ccc2[nH]cc(C[C@H](NC(C)(C)C)C(=O)C(C)(C)C)c2c1. The lowest BCUT2D eigenvalue weighted by molar-refractivity contribution is -0.128. The minimum absolute atomic E-state index is 0.104. The van der Waals surface area contributed by atoms with Crippen molar-refractivity contribution in [3.8, 4) is 0 Å². The molecule has 23 heavy (non-hydrogen) atoms. The Hall–Kier alpha value is -1.61. The fourth-order valence-electron chi connectivity index (χ4n) is 2.94. The molecule has 1 aromatic heterocycles. The molecule has 0 aliphatic carbocycles. The van der Waals surface area contributed by atoms with Gasteiger partial charge in [0.05, 0.1) is 6.04 Å². The average molecular weight is 314 g/mol. The highest BCUT2D eigenvalue weighted by Gasteiger charge is 2.32. The van der Waals surface area contributed by atoms with Gasteiger partial charge in [-0.15, -0.1) is 0 Å². The van der Waals surface area contributed by atoms with Crippen LogP contribution in [0, 0.1) is 12.3 Å². The van der Waals surface area contributed by atoms with Crippen LogP contribution in [0.5, 0.6) is 0 Å². The van der Waals surface area contributed by atoms with Gasteiger partial charge in [-0.3, -0.25) is 4.79 Å². The Morgan fingerprint density at radius 1 is 1.17 bits per heavy atom. The number of Topliss-reactive ketones (excluding diaryl/α,β-unsaturated/α-hetero) is 1. The minimum Gasteiger partial charge on any atom is -0.361 e. The number of hydrogen-bond acceptors (Lipinski definition) is 2. The van der Waals surface area contributed by atoms with E-state index in [1.165, 1.54) is 16.5 Å². The van der Waals surface area contributed by atoms with Gasteiger partial charge in [-0.05, 0) is 51.8 Å². The Balaban J connectivity index is 2.36. The molecule has 1 heterocycles. The standard InChI is InChI=1S/C20H30N2O/c1-13-8-9-16-15(10-13)14(12-21-16)11-17(22-20(5,6)7)18(23)19(2,3)4/h8-10,12,17,21-22H,11H2,1-7H3/t17-/m0/s1. The van der Waals surface area contributed by atoms with Gasteiger partial charge in [-0.25, -0.2) is 0 Å². The van der Waals surface area contributed by atoms with Gasteiger partial charge in [0.2, 0.25) is 0 Å². The molecule has 3 nitrogen and oxygen atoms in total. The molecule has 126 valence electrons. The molecule has 2 rings (SSSR count). The third-order valence-corrected chi connectivity index (χ3v) is 4.01. The number of aryl methyl sites for hydroxylation is 1. The van der Waals surface area contributed by atoms with E-state index in [4.69, 9.17) is 0 Å². The van der Waals surface area contributed by atoms with E-state index in [0.717, 1.165) is 5.52 Å². The Morgan fingerprint density at radius 3 is 2.39 bits per heavy atom. The summed E-state index contributed by atoms with van der Waals surface area (Å²) in [5.74, 6) is 0.259. The fourth-order valence-corrected chi connectivity index (χ4v) is 2.94. The fraction of sp³-hybridized carbons (Fsp3) is 0.550. The lowest BCUT2D eigenvalue weighted by Crippen LogP contribution is -2.51. The molecule has 0 aliphatic heterocycles. The monoisotopic (exact) mass is 314 g/mol. The third kappa shape index (κ3) is 4.44. The van der Waals surface area contributed by atoms with Crippen LogP contribution in [0.25, 0.3) is 10.9 Å². The number of hydrogen-bond donors (Lipinski definition) is 2. The zero-order valence-electron chi connectivity index (χ0n) is 15.5. The van der Waals surface area contributed by atoms with E-state index in [-0.39, 0.29) is 22.8 Å². The number of carbonyl (C=O) groups is 1. The van der Waals surface area contributed by atoms with Gasteiger partial charge in [-0.2, -0.15) is 0 Å². The Morgan fingerprint density at radius 2 is 1.83 bits per heavy atom. The number of carbonyl (C=O) groups excluding carboxylic acids is 1. The van der Waals surface area contributed by atoms with Crippen molar-refractivity contribution < 1.29 is 4.79 Å². The maximum atomic E-state index is 12.9. The van der Waals surface area contributed by atoms with Crippen molar-refractivity contribution in [3.05, 3.63) is 35.5 Å². The number of ketones is 1. The van der Waals surface area contributed by atoms with E-state index >= 15 is 0 Å². The number of nitrogens with one attached hydrogen (secondary N) is 2. The van der Waals surface area contributed by atoms with Gasteiger partial charge < -0.3 is 10.3 Å². The summed E-state index contributed by atoms with van der Waals surface area (Å²) in [6, 6.07) is 6.21. The summed E-state index contributed by atoms with van der Waals surface area (Å²) < 4.78 is 0. The highest BCUT2D eigenvalue weighted by molar-refractivity contribution is 5.90. The quantitative estimate of drug-likeness (QED) is 0.879.